The molecule has 0 radical (unpaired) electrons. The third-order valence-corrected chi connectivity index (χ3v) is 3.99. The van der Waals surface area contributed by atoms with Gasteiger partial charge in [-0.3, -0.25) is 0 Å². The van der Waals surface area contributed by atoms with Crippen LogP contribution in [0.4, 0.5) is 0 Å². The summed E-state index contributed by atoms with van der Waals surface area (Å²) in [6.45, 7) is 5.63. The third kappa shape index (κ3) is 5.80. The first-order valence-corrected chi connectivity index (χ1v) is 7.40. The molecule has 0 unspecified atom stereocenters. The first kappa shape index (κ1) is 15.6. The highest BCUT2D eigenvalue weighted by Crippen LogP contribution is 2.15. The van der Waals surface area contributed by atoms with Gasteiger partial charge in [0.05, 0.1) is 5.75 Å². The zero-order chi connectivity index (χ0) is 14.7. The van der Waals surface area contributed by atoms with Gasteiger partial charge in [-0.25, -0.2) is 22.9 Å². The number of carbonyl (C=O) groups is 1. The predicted octanol–water partition coefficient (Wildman–Crippen LogP) is 1.25. The molecule has 0 aromatic carbocycles. The van der Waals surface area contributed by atoms with E-state index in [1.54, 1.807) is 0 Å². The molecule has 0 atom stereocenters. The molecule has 0 spiro atoms. The van der Waals surface area contributed by atoms with Crippen molar-refractivity contribution in [2.45, 2.75) is 27.3 Å². The van der Waals surface area contributed by atoms with Gasteiger partial charge in [0.2, 0.25) is 10.0 Å². The second-order valence-corrected chi connectivity index (χ2v) is 7.30. The Morgan fingerprint density at radius 2 is 2.00 bits per heavy atom. The number of nitrogens with zero attached hydrogens (tertiary/aromatic N) is 1. The van der Waals surface area contributed by atoms with Crippen molar-refractivity contribution in [1.29, 1.82) is 0 Å². The molecule has 106 valence electrons. The van der Waals surface area contributed by atoms with Crippen molar-refractivity contribution in [3.05, 3.63) is 29.6 Å². The van der Waals surface area contributed by atoms with Crippen LogP contribution < -0.4 is 4.72 Å². The van der Waals surface area contributed by atoms with E-state index in [-0.39, 0.29) is 23.4 Å². The SMILES string of the molecule is CC(C)(C)CS(=O)(=O)NCc1ccc(C(=O)O)nc1. The minimum Gasteiger partial charge on any atom is -0.477 e. The number of carboxylic acid groups (broad SMARTS) is 1. The Kier molecular flexibility index (Phi) is 4.65. The Bertz CT molecular complexity index is 544. The lowest BCUT2D eigenvalue weighted by Crippen LogP contribution is -2.32. The second kappa shape index (κ2) is 5.66. The van der Waals surface area contributed by atoms with E-state index < -0.39 is 16.0 Å². The van der Waals surface area contributed by atoms with Crippen molar-refractivity contribution < 1.29 is 18.3 Å². The normalized spacial score (nSPS) is 12.4. The molecule has 0 saturated heterocycles. The van der Waals surface area contributed by atoms with E-state index in [4.69, 9.17) is 5.11 Å². The summed E-state index contributed by atoms with van der Waals surface area (Å²) in [4.78, 5) is 14.3. The van der Waals surface area contributed by atoms with Crippen molar-refractivity contribution in [3.63, 3.8) is 0 Å². The second-order valence-electron chi connectivity index (χ2n) is 5.50. The average Bonchev–Trinajstić information content (AvgIpc) is 2.24. The standard InChI is InChI=1S/C12H18N2O4S/c1-12(2,3)8-19(17,18)14-7-9-4-5-10(11(15)16)13-6-9/h4-6,14H,7-8H2,1-3H3,(H,15,16). The topological polar surface area (TPSA) is 96.4 Å². The Morgan fingerprint density at radius 1 is 1.37 bits per heavy atom. The van der Waals surface area contributed by atoms with Gasteiger partial charge in [-0.05, 0) is 17.0 Å². The monoisotopic (exact) mass is 286 g/mol. The van der Waals surface area contributed by atoms with Crippen LogP contribution in [0.25, 0.3) is 0 Å². The van der Waals surface area contributed by atoms with Crippen LogP contribution in [0.2, 0.25) is 0 Å². The molecule has 0 aliphatic heterocycles. The number of aromatic carboxylic acids is 1. The molecule has 1 aromatic heterocycles. The lowest BCUT2D eigenvalue weighted by molar-refractivity contribution is 0.0690. The fraction of sp³-hybridized carbons (Fsp3) is 0.500. The largest absolute Gasteiger partial charge is 0.477 e. The van der Waals surface area contributed by atoms with Crippen LogP contribution in [0.3, 0.4) is 0 Å². The molecule has 0 saturated carbocycles. The van der Waals surface area contributed by atoms with E-state index in [0.717, 1.165) is 0 Å². The molecular weight excluding hydrogens is 268 g/mol. The Balaban J connectivity index is 2.64. The maximum absolute atomic E-state index is 11.8. The van der Waals surface area contributed by atoms with Crippen LogP contribution in [0, 0.1) is 5.41 Å². The van der Waals surface area contributed by atoms with Crippen LogP contribution >= 0.6 is 0 Å². The predicted molar refractivity (Wildman–Crippen MR) is 71.3 cm³/mol. The van der Waals surface area contributed by atoms with Gasteiger partial charge in [0.15, 0.2) is 0 Å². The van der Waals surface area contributed by atoms with Crippen molar-refractivity contribution in [2.75, 3.05) is 5.75 Å². The molecule has 0 fully saturated rings. The third-order valence-electron chi connectivity index (χ3n) is 2.16. The van der Waals surface area contributed by atoms with Crippen LogP contribution in [-0.4, -0.2) is 30.2 Å². The number of carboxylic acids is 1. The highest BCUT2D eigenvalue weighted by Gasteiger charge is 2.21. The summed E-state index contributed by atoms with van der Waals surface area (Å²) in [7, 11) is -3.36. The molecule has 19 heavy (non-hydrogen) atoms. The molecule has 2 N–H and O–H groups in total. The van der Waals surface area contributed by atoms with E-state index in [1.165, 1.54) is 18.3 Å². The molecule has 1 heterocycles. The van der Waals surface area contributed by atoms with Crippen LogP contribution in [-0.2, 0) is 16.6 Å². The summed E-state index contributed by atoms with van der Waals surface area (Å²) in [6.07, 6.45) is 1.35. The molecule has 1 rings (SSSR count). The highest BCUT2D eigenvalue weighted by atomic mass is 32.2. The molecule has 1 aromatic rings. The zero-order valence-electron chi connectivity index (χ0n) is 11.2. The minimum absolute atomic E-state index is 0.0284. The van der Waals surface area contributed by atoms with Gasteiger partial charge in [0.1, 0.15) is 5.69 Å². The van der Waals surface area contributed by atoms with E-state index >= 15 is 0 Å². The summed E-state index contributed by atoms with van der Waals surface area (Å²) >= 11 is 0. The van der Waals surface area contributed by atoms with Crippen LogP contribution in [0.1, 0.15) is 36.8 Å². The lowest BCUT2D eigenvalue weighted by Gasteiger charge is -2.18. The molecule has 0 aliphatic rings. The molecule has 7 heteroatoms. The number of rotatable bonds is 5. The van der Waals surface area contributed by atoms with Gasteiger partial charge >= 0.3 is 5.97 Å². The van der Waals surface area contributed by atoms with Crippen LogP contribution in [0.5, 0.6) is 0 Å². The smallest absolute Gasteiger partial charge is 0.354 e. The Hall–Kier alpha value is -1.47. The molecule has 0 bridgehead atoms. The summed E-state index contributed by atoms with van der Waals surface area (Å²) in [5.74, 6) is -1.08. The van der Waals surface area contributed by atoms with Crippen LogP contribution in [0.15, 0.2) is 18.3 Å². The first-order chi connectivity index (χ1) is 8.59. The molecular formula is C12H18N2O4S. The quantitative estimate of drug-likeness (QED) is 0.849. The molecule has 0 amide bonds. The van der Waals surface area contributed by atoms with Gasteiger partial charge in [-0.1, -0.05) is 26.8 Å². The number of aromatic nitrogens is 1. The number of sulfonamides is 1. The van der Waals surface area contributed by atoms with E-state index in [9.17, 15) is 13.2 Å². The molecule has 0 aliphatic carbocycles. The van der Waals surface area contributed by atoms with Crippen molar-refractivity contribution in [1.82, 2.24) is 9.71 Å². The van der Waals surface area contributed by atoms with Gasteiger partial charge in [-0.2, -0.15) is 0 Å². The van der Waals surface area contributed by atoms with Gasteiger partial charge in [-0.15, -0.1) is 0 Å². The lowest BCUT2D eigenvalue weighted by atomic mass is 10.0. The zero-order valence-corrected chi connectivity index (χ0v) is 12.0. The average molecular weight is 286 g/mol. The van der Waals surface area contributed by atoms with E-state index in [2.05, 4.69) is 9.71 Å². The highest BCUT2D eigenvalue weighted by molar-refractivity contribution is 7.89. The number of pyridine rings is 1. The van der Waals surface area contributed by atoms with Gasteiger partial charge in [0, 0.05) is 12.7 Å². The van der Waals surface area contributed by atoms with Crippen molar-refractivity contribution in [2.24, 2.45) is 5.41 Å². The number of hydrogen-bond acceptors (Lipinski definition) is 4. The summed E-state index contributed by atoms with van der Waals surface area (Å²) in [5.41, 5.74) is 0.223. The summed E-state index contributed by atoms with van der Waals surface area (Å²) < 4.78 is 26.0. The fourth-order valence-electron chi connectivity index (χ4n) is 1.47. The summed E-state index contributed by atoms with van der Waals surface area (Å²) in [6, 6.07) is 2.88. The van der Waals surface area contributed by atoms with Crippen molar-refractivity contribution in [3.8, 4) is 0 Å². The van der Waals surface area contributed by atoms with Gasteiger partial charge in [0.25, 0.3) is 0 Å². The number of nitrogens with one attached hydrogen (secondary N) is 1. The van der Waals surface area contributed by atoms with Crippen molar-refractivity contribution >= 4 is 16.0 Å². The Morgan fingerprint density at radius 3 is 2.42 bits per heavy atom. The minimum atomic E-state index is -3.36. The Labute approximate surface area is 112 Å². The summed E-state index contributed by atoms with van der Waals surface area (Å²) in [5, 5.41) is 8.69. The van der Waals surface area contributed by atoms with Gasteiger partial charge < -0.3 is 5.11 Å². The number of hydrogen-bond donors (Lipinski definition) is 2. The van der Waals surface area contributed by atoms with E-state index in [1.807, 2.05) is 20.8 Å². The van der Waals surface area contributed by atoms with E-state index in [0.29, 0.717) is 5.56 Å². The fourth-order valence-corrected chi connectivity index (χ4v) is 3.10. The first-order valence-electron chi connectivity index (χ1n) is 5.75. The maximum atomic E-state index is 11.8. The maximum Gasteiger partial charge on any atom is 0.354 e. The molecule has 6 nitrogen and oxygen atoms in total.